The minimum Gasteiger partial charge on any atom is -0.317 e. The third kappa shape index (κ3) is 4.83. The van der Waals surface area contributed by atoms with Crippen LogP contribution < -0.4 is 10.2 Å². The van der Waals surface area contributed by atoms with Gasteiger partial charge in [-0.1, -0.05) is 23.4 Å². The SMILES string of the molecule is Cl.O=C(c1cn(C2CCNCC2)nn1)N(Cc1ccccc1F)c1ccc(F)cc1. The van der Waals surface area contributed by atoms with Crippen molar-refractivity contribution in [3.63, 3.8) is 0 Å². The molecule has 30 heavy (non-hydrogen) atoms. The number of rotatable bonds is 5. The first-order valence-electron chi connectivity index (χ1n) is 9.55. The largest absolute Gasteiger partial charge is 0.317 e. The van der Waals surface area contributed by atoms with Crippen molar-refractivity contribution in [2.45, 2.75) is 25.4 Å². The number of piperidine rings is 1. The van der Waals surface area contributed by atoms with E-state index in [1.165, 1.54) is 35.2 Å². The molecule has 1 saturated heterocycles. The summed E-state index contributed by atoms with van der Waals surface area (Å²) in [4.78, 5) is 14.6. The summed E-state index contributed by atoms with van der Waals surface area (Å²) in [6, 6.07) is 12.0. The molecule has 1 fully saturated rings. The molecule has 3 aromatic rings. The fourth-order valence-corrected chi connectivity index (χ4v) is 3.46. The second-order valence-corrected chi connectivity index (χ2v) is 7.02. The zero-order valence-electron chi connectivity index (χ0n) is 16.2. The number of benzene rings is 2. The molecule has 0 atom stereocenters. The van der Waals surface area contributed by atoms with Gasteiger partial charge < -0.3 is 10.2 Å². The maximum atomic E-state index is 14.2. The van der Waals surface area contributed by atoms with Crippen molar-refractivity contribution in [1.82, 2.24) is 20.3 Å². The maximum Gasteiger partial charge on any atom is 0.280 e. The number of nitrogens with one attached hydrogen (secondary N) is 1. The Kier molecular flexibility index (Phi) is 7.12. The van der Waals surface area contributed by atoms with Crippen molar-refractivity contribution < 1.29 is 13.6 Å². The summed E-state index contributed by atoms with van der Waals surface area (Å²) in [6.45, 7) is 1.78. The highest BCUT2D eigenvalue weighted by molar-refractivity contribution is 6.04. The Morgan fingerprint density at radius 1 is 1.10 bits per heavy atom. The number of carbonyl (C=O) groups excluding carboxylic acids is 1. The number of amides is 1. The molecule has 0 spiro atoms. The summed E-state index contributed by atoms with van der Waals surface area (Å²) in [5.41, 5.74) is 0.983. The quantitative estimate of drug-likeness (QED) is 0.665. The first-order chi connectivity index (χ1) is 14.1. The number of carbonyl (C=O) groups is 1. The van der Waals surface area contributed by atoms with E-state index in [4.69, 9.17) is 0 Å². The van der Waals surface area contributed by atoms with Crippen molar-refractivity contribution >= 4 is 24.0 Å². The zero-order valence-corrected chi connectivity index (χ0v) is 17.0. The fourth-order valence-electron chi connectivity index (χ4n) is 3.46. The lowest BCUT2D eigenvalue weighted by atomic mass is 10.1. The molecular weight excluding hydrogens is 412 g/mol. The van der Waals surface area contributed by atoms with Gasteiger partial charge in [-0.25, -0.2) is 13.5 Å². The molecule has 0 unspecified atom stereocenters. The van der Waals surface area contributed by atoms with Gasteiger partial charge in [-0.05, 0) is 56.3 Å². The first kappa shape index (κ1) is 21.9. The van der Waals surface area contributed by atoms with E-state index in [9.17, 15) is 13.6 Å². The molecule has 4 rings (SSSR count). The third-order valence-corrected chi connectivity index (χ3v) is 5.08. The van der Waals surface area contributed by atoms with E-state index in [0.717, 1.165) is 25.9 Å². The third-order valence-electron chi connectivity index (χ3n) is 5.08. The molecule has 1 aromatic heterocycles. The van der Waals surface area contributed by atoms with Gasteiger partial charge in [0.2, 0.25) is 0 Å². The molecule has 0 saturated carbocycles. The molecule has 2 aromatic carbocycles. The van der Waals surface area contributed by atoms with Crippen LogP contribution >= 0.6 is 12.4 Å². The van der Waals surface area contributed by atoms with E-state index >= 15 is 0 Å². The van der Waals surface area contributed by atoms with E-state index in [0.29, 0.717) is 11.3 Å². The topological polar surface area (TPSA) is 63.1 Å². The van der Waals surface area contributed by atoms with E-state index < -0.39 is 17.5 Å². The van der Waals surface area contributed by atoms with Crippen LogP contribution in [0.15, 0.2) is 54.7 Å². The van der Waals surface area contributed by atoms with Gasteiger partial charge in [-0.15, -0.1) is 17.5 Å². The molecule has 2 heterocycles. The summed E-state index contributed by atoms with van der Waals surface area (Å²) in [5, 5.41) is 11.5. The van der Waals surface area contributed by atoms with Crippen LogP contribution in [-0.4, -0.2) is 34.0 Å². The van der Waals surface area contributed by atoms with Crippen molar-refractivity contribution in [1.29, 1.82) is 0 Å². The average Bonchev–Trinajstić information content (AvgIpc) is 3.25. The number of aromatic nitrogens is 3. The Labute approximate surface area is 179 Å². The summed E-state index contributed by atoms with van der Waals surface area (Å²) < 4.78 is 29.3. The van der Waals surface area contributed by atoms with Gasteiger partial charge in [0.05, 0.1) is 18.8 Å². The Balaban J connectivity index is 0.00000256. The lowest BCUT2D eigenvalue weighted by Crippen LogP contribution is -2.31. The van der Waals surface area contributed by atoms with Crippen LogP contribution in [0.25, 0.3) is 0 Å². The van der Waals surface area contributed by atoms with Crippen LogP contribution in [0.3, 0.4) is 0 Å². The number of hydrogen-bond donors (Lipinski definition) is 1. The van der Waals surface area contributed by atoms with Crippen LogP contribution in [0.4, 0.5) is 14.5 Å². The summed E-state index contributed by atoms with van der Waals surface area (Å²) >= 11 is 0. The number of halogens is 3. The Bertz CT molecular complexity index is 989. The predicted octanol–water partition coefficient (Wildman–Crippen LogP) is 3.75. The van der Waals surface area contributed by atoms with Gasteiger partial charge in [-0.2, -0.15) is 0 Å². The van der Waals surface area contributed by atoms with Crippen molar-refractivity contribution in [2.24, 2.45) is 0 Å². The first-order valence-corrected chi connectivity index (χ1v) is 9.55. The van der Waals surface area contributed by atoms with Gasteiger partial charge in [-0.3, -0.25) is 4.79 Å². The molecule has 0 radical (unpaired) electrons. The molecule has 1 amide bonds. The lowest BCUT2D eigenvalue weighted by molar-refractivity contribution is 0.0980. The highest BCUT2D eigenvalue weighted by Crippen LogP contribution is 2.23. The Hall–Kier alpha value is -2.84. The van der Waals surface area contributed by atoms with E-state index in [1.54, 1.807) is 29.1 Å². The van der Waals surface area contributed by atoms with Crippen molar-refractivity contribution in [2.75, 3.05) is 18.0 Å². The minimum absolute atomic E-state index is 0. The molecule has 158 valence electrons. The summed E-state index contributed by atoms with van der Waals surface area (Å²) in [6.07, 6.45) is 3.46. The normalized spacial score (nSPS) is 14.2. The van der Waals surface area contributed by atoms with Gasteiger partial charge >= 0.3 is 0 Å². The fraction of sp³-hybridized carbons (Fsp3) is 0.286. The van der Waals surface area contributed by atoms with Crippen LogP contribution in [0.1, 0.15) is 34.9 Å². The second kappa shape index (κ2) is 9.77. The molecule has 0 bridgehead atoms. The molecule has 1 N–H and O–H groups in total. The summed E-state index contributed by atoms with van der Waals surface area (Å²) in [7, 11) is 0. The number of nitrogens with zero attached hydrogens (tertiary/aromatic N) is 4. The van der Waals surface area contributed by atoms with Crippen LogP contribution in [0.2, 0.25) is 0 Å². The average molecular weight is 434 g/mol. The Morgan fingerprint density at radius 2 is 1.80 bits per heavy atom. The van der Waals surface area contributed by atoms with Gasteiger partial charge in [0.25, 0.3) is 5.91 Å². The maximum absolute atomic E-state index is 14.2. The van der Waals surface area contributed by atoms with Crippen molar-refractivity contribution in [3.05, 3.63) is 77.6 Å². The molecule has 1 aliphatic heterocycles. The number of anilines is 1. The highest BCUT2D eigenvalue weighted by atomic mass is 35.5. The van der Waals surface area contributed by atoms with Crippen LogP contribution in [0.5, 0.6) is 0 Å². The van der Waals surface area contributed by atoms with Crippen LogP contribution in [-0.2, 0) is 6.54 Å². The molecule has 0 aliphatic carbocycles. The lowest BCUT2D eigenvalue weighted by Gasteiger charge is -2.23. The zero-order chi connectivity index (χ0) is 20.2. The van der Waals surface area contributed by atoms with E-state index in [-0.39, 0.29) is 30.7 Å². The van der Waals surface area contributed by atoms with Gasteiger partial charge in [0, 0.05) is 11.3 Å². The predicted molar refractivity (Wildman–Crippen MR) is 112 cm³/mol. The number of hydrogen-bond acceptors (Lipinski definition) is 4. The van der Waals surface area contributed by atoms with E-state index in [2.05, 4.69) is 15.6 Å². The smallest absolute Gasteiger partial charge is 0.280 e. The monoisotopic (exact) mass is 433 g/mol. The molecule has 6 nitrogen and oxygen atoms in total. The van der Waals surface area contributed by atoms with Crippen molar-refractivity contribution in [3.8, 4) is 0 Å². The molecular formula is C21H22ClF2N5O. The minimum atomic E-state index is -0.417. The molecule has 1 aliphatic rings. The second-order valence-electron chi connectivity index (χ2n) is 7.02. The summed E-state index contributed by atoms with van der Waals surface area (Å²) in [5.74, 6) is -1.24. The standard InChI is InChI=1S/C21H21F2N5O.ClH/c22-16-5-7-17(8-6-16)27(13-15-3-1-2-4-19(15)23)21(29)20-14-28(26-25-20)18-9-11-24-12-10-18;/h1-8,14,18,24H,9-13H2;1H. The van der Waals surface area contributed by atoms with Gasteiger partial charge in [0.1, 0.15) is 11.6 Å². The Morgan fingerprint density at radius 3 is 2.50 bits per heavy atom. The van der Waals surface area contributed by atoms with E-state index in [1.807, 2.05) is 0 Å². The van der Waals surface area contributed by atoms with Gasteiger partial charge in [0.15, 0.2) is 5.69 Å². The molecule has 9 heteroatoms. The highest BCUT2D eigenvalue weighted by Gasteiger charge is 2.24. The van der Waals surface area contributed by atoms with Crippen LogP contribution in [0, 0.1) is 11.6 Å².